The van der Waals surface area contributed by atoms with E-state index in [2.05, 4.69) is 66.2 Å². The molecule has 0 aliphatic heterocycles. The molecule has 1 heterocycles. The molecule has 0 aliphatic rings. The van der Waals surface area contributed by atoms with E-state index in [0.29, 0.717) is 5.75 Å². The Hall–Kier alpha value is -2.99. The van der Waals surface area contributed by atoms with Gasteiger partial charge in [-0.2, -0.15) is 5.10 Å². The molecule has 30 heavy (non-hydrogen) atoms. The first kappa shape index (κ1) is 21.7. The third kappa shape index (κ3) is 5.54. The highest BCUT2D eigenvalue weighted by molar-refractivity contribution is 7.99. The van der Waals surface area contributed by atoms with Crippen molar-refractivity contribution in [1.82, 2.24) is 9.99 Å². The Morgan fingerprint density at radius 1 is 1.10 bits per heavy atom. The number of ether oxygens (including phenoxy) is 1. The molecule has 0 saturated carbocycles. The van der Waals surface area contributed by atoms with Crippen LogP contribution in [-0.2, 0) is 10.5 Å². The van der Waals surface area contributed by atoms with Crippen LogP contribution in [0.5, 0.6) is 5.75 Å². The van der Waals surface area contributed by atoms with E-state index in [4.69, 9.17) is 4.74 Å². The summed E-state index contributed by atoms with van der Waals surface area (Å²) in [6.07, 6.45) is 1.71. The van der Waals surface area contributed by atoms with Crippen molar-refractivity contribution < 1.29 is 9.53 Å². The highest BCUT2D eigenvalue weighted by Gasteiger charge is 2.09. The number of nitrogens with one attached hydrogen (secondary N) is 1. The summed E-state index contributed by atoms with van der Waals surface area (Å²) in [5.74, 6) is 1.83. The number of nitrogens with zero attached hydrogens (tertiary/aromatic N) is 2. The maximum absolute atomic E-state index is 12.1. The summed E-state index contributed by atoms with van der Waals surface area (Å²) in [6, 6.07) is 18.4. The number of benzene rings is 2. The van der Waals surface area contributed by atoms with Gasteiger partial charge in [0, 0.05) is 28.4 Å². The van der Waals surface area contributed by atoms with Gasteiger partial charge in [-0.05, 0) is 56.7 Å². The number of hydrogen-bond donors (Lipinski definition) is 1. The monoisotopic (exact) mass is 421 g/mol. The Bertz CT molecular complexity index is 1020. The molecule has 6 heteroatoms. The predicted molar refractivity (Wildman–Crippen MR) is 125 cm³/mol. The van der Waals surface area contributed by atoms with Crippen LogP contribution in [0.1, 0.15) is 28.1 Å². The van der Waals surface area contributed by atoms with Gasteiger partial charge in [-0.25, -0.2) is 5.43 Å². The minimum absolute atomic E-state index is 0.114. The Morgan fingerprint density at radius 3 is 2.47 bits per heavy atom. The molecule has 0 radical (unpaired) electrons. The maximum Gasteiger partial charge on any atom is 0.250 e. The molecular weight excluding hydrogens is 394 g/mol. The zero-order chi connectivity index (χ0) is 21.5. The van der Waals surface area contributed by atoms with Crippen LogP contribution in [-0.4, -0.2) is 29.6 Å². The van der Waals surface area contributed by atoms with Crippen LogP contribution in [0.3, 0.4) is 0 Å². The number of hydrazone groups is 1. The SMILES string of the molecule is COc1ccc(CSCC(=O)NN=Cc2cc(C)n(-c3ccc(C)cc3)c2C)cc1. The van der Waals surface area contributed by atoms with Gasteiger partial charge in [0.25, 0.3) is 0 Å². The minimum atomic E-state index is -0.114. The van der Waals surface area contributed by atoms with Gasteiger partial charge in [0.2, 0.25) is 5.91 Å². The van der Waals surface area contributed by atoms with Crippen LogP contribution >= 0.6 is 11.8 Å². The average molecular weight is 422 g/mol. The zero-order valence-corrected chi connectivity index (χ0v) is 18.6. The maximum atomic E-state index is 12.1. The normalized spacial score (nSPS) is 11.1. The van der Waals surface area contributed by atoms with Crippen LogP contribution in [0.4, 0.5) is 0 Å². The van der Waals surface area contributed by atoms with E-state index in [9.17, 15) is 4.79 Å². The van der Waals surface area contributed by atoms with Crippen molar-refractivity contribution in [3.8, 4) is 11.4 Å². The lowest BCUT2D eigenvalue weighted by Crippen LogP contribution is -2.19. The van der Waals surface area contributed by atoms with Crippen molar-refractivity contribution in [3.05, 3.63) is 82.7 Å². The number of amides is 1. The van der Waals surface area contributed by atoms with Crippen LogP contribution in [0.2, 0.25) is 0 Å². The molecule has 0 spiro atoms. The molecule has 2 aromatic carbocycles. The van der Waals surface area contributed by atoms with Gasteiger partial charge in [-0.15, -0.1) is 11.8 Å². The van der Waals surface area contributed by atoms with E-state index in [1.807, 2.05) is 24.3 Å². The molecule has 0 aliphatic carbocycles. The first-order valence-corrected chi connectivity index (χ1v) is 10.9. The number of aryl methyl sites for hydroxylation is 2. The standard InChI is InChI=1S/C24H27N3O2S/c1-17-5-9-22(10-6-17)27-18(2)13-21(19(27)3)14-25-26-24(28)16-30-15-20-7-11-23(29-4)12-8-20/h5-14H,15-16H2,1-4H3,(H,26,28). The summed E-state index contributed by atoms with van der Waals surface area (Å²) in [4.78, 5) is 12.1. The number of thioether (sulfide) groups is 1. The second-order valence-electron chi connectivity index (χ2n) is 7.13. The third-order valence-electron chi connectivity index (χ3n) is 4.82. The molecule has 0 fully saturated rings. The fourth-order valence-electron chi connectivity index (χ4n) is 3.20. The lowest BCUT2D eigenvalue weighted by Gasteiger charge is -2.09. The number of methoxy groups -OCH3 is 1. The van der Waals surface area contributed by atoms with Crippen molar-refractivity contribution in [2.75, 3.05) is 12.9 Å². The van der Waals surface area contributed by atoms with E-state index in [1.54, 1.807) is 25.1 Å². The van der Waals surface area contributed by atoms with Crippen LogP contribution in [0, 0.1) is 20.8 Å². The van der Waals surface area contributed by atoms with Gasteiger partial charge in [0.05, 0.1) is 19.1 Å². The largest absolute Gasteiger partial charge is 0.497 e. The van der Waals surface area contributed by atoms with Crippen molar-refractivity contribution >= 4 is 23.9 Å². The number of rotatable bonds is 8. The summed E-state index contributed by atoms with van der Waals surface area (Å²) >= 11 is 1.55. The molecule has 0 atom stereocenters. The van der Waals surface area contributed by atoms with Gasteiger partial charge < -0.3 is 9.30 Å². The molecule has 3 aromatic rings. The Morgan fingerprint density at radius 2 is 1.80 bits per heavy atom. The van der Waals surface area contributed by atoms with Gasteiger partial charge >= 0.3 is 0 Å². The van der Waals surface area contributed by atoms with Gasteiger partial charge in [-0.3, -0.25) is 4.79 Å². The van der Waals surface area contributed by atoms with Crippen LogP contribution in [0.25, 0.3) is 5.69 Å². The second kappa shape index (κ2) is 10.2. The second-order valence-corrected chi connectivity index (χ2v) is 8.12. The number of aromatic nitrogens is 1. The third-order valence-corrected chi connectivity index (χ3v) is 5.82. The molecule has 5 nitrogen and oxygen atoms in total. The molecule has 1 N–H and O–H groups in total. The van der Waals surface area contributed by atoms with Crippen LogP contribution < -0.4 is 10.2 Å². The summed E-state index contributed by atoms with van der Waals surface area (Å²) in [6.45, 7) is 6.20. The average Bonchev–Trinajstić information content (AvgIpc) is 3.02. The van der Waals surface area contributed by atoms with Crippen molar-refractivity contribution in [1.29, 1.82) is 0 Å². The van der Waals surface area contributed by atoms with Crippen molar-refractivity contribution in [2.45, 2.75) is 26.5 Å². The molecule has 0 bridgehead atoms. The van der Waals surface area contributed by atoms with E-state index >= 15 is 0 Å². The van der Waals surface area contributed by atoms with Crippen molar-refractivity contribution in [3.63, 3.8) is 0 Å². The zero-order valence-electron chi connectivity index (χ0n) is 17.8. The Labute approximate surface area is 182 Å². The van der Waals surface area contributed by atoms with E-state index < -0.39 is 0 Å². The lowest BCUT2D eigenvalue weighted by molar-refractivity contribution is -0.118. The molecule has 3 rings (SSSR count). The number of carbonyl (C=O) groups is 1. The van der Waals surface area contributed by atoms with E-state index in [0.717, 1.165) is 39.7 Å². The van der Waals surface area contributed by atoms with Crippen LogP contribution in [0.15, 0.2) is 59.7 Å². The fourth-order valence-corrected chi connectivity index (χ4v) is 3.98. The quantitative estimate of drug-likeness (QED) is 0.420. The topological polar surface area (TPSA) is 55.6 Å². The first-order chi connectivity index (χ1) is 14.5. The van der Waals surface area contributed by atoms with Gasteiger partial charge in [-0.1, -0.05) is 29.8 Å². The summed E-state index contributed by atoms with van der Waals surface area (Å²) in [5, 5.41) is 4.15. The molecule has 0 saturated heterocycles. The Kier molecular flexibility index (Phi) is 7.36. The molecule has 0 unspecified atom stereocenters. The molecule has 1 aromatic heterocycles. The summed E-state index contributed by atoms with van der Waals surface area (Å²) < 4.78 is 7.34. The highest BCUT2D eigenvalue weighted by Crippen LogP contribution is 2.20. The van der Waals surface area contributed by atoms with E-state index in [-0.39, 0.29) is 5.91 Å². The predicted octanol–water partition coefficient (Wildman–Crippen LogP) is 4.79. The van der Waals surface area contributed by atoms with Gasteiger partial charge in [0.1, 0.15) is 5.75 Å². The smallest absolute Gasteiger partial charge is 0.250 e. The first-order valence-electron chi connectivity index (χ1n) is 9.76. The van der Waals surface area contributed by atoms with Crippen molar-refractivity contribution in [2.24, 2.45) is 5.10 Å². The molecule has 156 valence electrons. The fraction of sp³-hybridized carbons (Fsp3) is 0.250. The number of hydrogen-bond acceptors (Lipinski definition) is 4. The van der Waals surface area contributed by atoms with E-state index in [1.165, 1.54) is 5.56 Å². The number of carbonyl (C=O) groups excluding carboxylic acids is 1. The Balaban J connectivity index is 1.52. The molecule has 1 amide bonds. The lowest BCUT2D eigenvalue weighted by atomic mass is 10.2. The minimum Gasteiger partial charge on any atom is -0.497 e. The summed E-state index contributed by atoms with van der Waals surface area (Å²) in [5.41, 5.74) is 9.32. The molecular formula is C24H27N3O2S. The van der Waals surface area contributed by atoms with Gasteiger partial charge in [0.15, 0.2) is 0 Å². The summed E-state index contributed by atoms with van der Waals surface area (Å²) in [7, 11) is 1.65. The highest BCUT2D eigenvalue weighted by atomic mass is 32.2.